The van der Waals surface area contributed by atoms with Crippen LogP contribution < -0.4 is 4.90 Å². The van der Waals surface area contributed by atoms with Crippen molar-refractivity contribution in [2.45, 2.75) is 0 Å². The van der Waals surface area contributed by atoms with Gasteiger partial charge in [0, 0.05) is 18.4 Å². The molecular formula is C15H17Cl2N3Ti-2. The molecular weight excluding hydrogens is 341 g/mol. The van der Waals surface area contributed by atoms with Gasteiger partial charge in [0.15, 0.2) is 0 Å². The summed E-state index contributed by atoms with van der Waals surface area (Å²) >= 11 is -0.556. The third kappa shape index (κ3) is 5.12. The van der Waals surface area contributed by atoms with E-state index < -0.39 is 17.0 Å². The normalized spacial score (nSPS) is 9.19. The average Bonchev–Trinajstić information content (AvgIpc) is 2.54. The fourth-order valence-electron chi connectivity index (χ4n) is 2.00. The molecule has 0 saturated carbocycles. The molecule has 0 aliphatic carbocycles. The molecule has 0 aromatic heterocycles. The topological polar surface area (TPSA) is 31.4 Å². The fourth-order valence-corrected chi connectivity index (χ4v) is 2.00. The SMILES string of the molecule is C[N-]c1ccccc1N(C)c1ccccc1[N-]C.[Cl][Ti][Cl]. The van der Waals surface area contributed by atoms with Gasteiger partial charge in [0.1, 0.15) is 0 Å². The van der Waals surface area contributed by atoms with Gasteiger partial charge in [-0.3, -0.25) is 0 Å². The average molecular weight is 358 g/mol. The van der Waals surface area contributed by atoms with Gasteiger partial charge in [0.05, 0.1) is 0 Å². The molecule has 0 saturated heterocycles. The number of anilines is 2. The van der Waals surface area contributed by atoms with Crippen LogP contribution in [0.3, 0.4) is 0 Å². The van der Waals surface area contributed by atoms with Gasteiger partial charge < -0.3 is 15.5 Å². The van der Waals surface area contributed by atoms with Crippen LogP contribution >= 0.6 is 18.6 Å². The zero-order valence-electron chi connectivity index (χ0n) is 12.2. The number of rotatable bonds is 4. The minimum atomic E-state index is -0.556. The summed E-state index contributed by atoms with van der Waals surface area (Å²) in [4.78, 5) is 2.12. The second kappa shape index (κ2) is 9.96. The molecule has 21 heavy (non-hydrogen) atoms. The maximum atomic E-state index is 4.89. The van der Waals surface area contributed by atoms with Gasteiger partial charge in [-0.05, 0) is 12.1 Å². The summed E-state index contributed by atoms with van der Waals surface area (Å²) in [5, 5.41) is 8.60. The molecule has 0 spiro atoms. The second-order valence-corrected chi connectivity index (χ2v) is 6.63. The van der Waals surface area contributed by atoms with Crippen molar-refractivity contribution in [1.82, 2.24) is 0 Å². The van der Waals surface area contributed by atoms with E-state index in [4.69, 9.17) is 18.6 Å². The molecule has 0 atom stereocenters. The third-order valence-corrected chi connectivity index (χ3v) is 2.97. The molecule has 0 heterocycles. The number of halogens is 2. The Hall–Kier alpha value is -0.866. The molecule has 2 aromatic carbocycles. The molecule has 0 aliphatic rings. The van der Waals surface area contributed by atoms with Crippen molar-refractivity contribution in [3.8, 4) is 0 Å². The Morgan fingerprint density at radius 3 is 1.48 bits per heavy atom. The van der Waals surface area contributed by atoms with Crippen molar-refractivity contribution < 1.29 is 17.0 Å². The van der Waals surface area contributed by atoms with Crippen molar-refractivity contribution >= 4 is 41.4 Å². The van der Waals surface area contributed by atoms with Crippen molar-refractivity contribution in [1.29, 1.82) is 0 Å². The number of hydrogen-bond donors (Lipinski definition) is 0. The van der Waals surface area contributed by atoms with E-state index in [0.29, 0.717) is 0 Å². The van der Waals surface area contributed by atoms with Gasteiger partial charge in [-0.15, -0.1) is 25.5 Å². The minimum absolute atomic E-state index is 0.556. The molecule has 0 aliphatic heterocycles. The molecule has 0 bridgehead atoms. The van der Waals surface area contributed by atoms with Gasteiger partial charge >= 0.3 is 35.6 Å². The number of para-hydroxylation sites is 4. The Morgan fingerprint density at radius 2 is 1.14 bits per heavy atom. The zero-order chi connectivity index (χ0) is 15.7. The van der Waals surface area contributed by atoms with Crippen LogP contribution in [0.25, 0.3) is 10.6 Å². The van der Waals surface area contributed by atoms with Crippen LogP contribution in [0, 0.1) is 0 Å². The third-order valence-electron chi connectivity index (χ3n) is 2.97. The summed E-state index contributed by atoms with van der Waals surface area (Å²) in [7, 11) is 15.4. The van der Waals surface area contributed by atoms with Crippen LogP contribution in [0.1, 0.15) is 0 Å². The van der Waals surface area contributed by atoms with E-state index in [0.717, 1.165) is 22.7 Å². The first-order valence-corrected chi connectivity index (χ1v) is 10.6. The number of nitrogens with zero attached hydrogens (tertiary/aromatic N) is 3. The molecule has 0 N–H and O–H groups in total. The van der Waals surface area contributed by atoms with Gasteiger partial charge in [0.25, 0.3) is 0 Å². The summed E-state index contributed by atoms with van der Waals surface area (Å²) in [6.07, 6.45) is 0. The second-order valence-electron chi connectivity index (χ2n) is 4.06. The van der Waals surface area contributed by atoms with E-state index in [9.17, 15) is 0 Å². The van der Waals surface area contributed by atoms with E-state index in [1.165, 1.54) is 0 Å². The first kappa shape index (κ1) is 18.2. The predicted octanol–water partition coefficient (Wildman–Crippen LogP) is 6.10. The molecule has 2 aromatic rings. The van der Waals surface area contributed by atoms with Crippen LogP contribution in [0.2, 0.25) is 0 Å². The molecule has 112 valence electrons. The van der Waals surface area contributed by atoms with Gasteiger partial charge in [-0.1, -0.05) is 36.4 Å². The van der Waals surface area contributed by atoms with Crippen LogP contribution in [0.4, 0.5) is 22.7 Å². The standard InChI is InChI=1S/C15H17N3.2ClH.Ti/c1-16-12-8-4-6-10-14(12)18(3)15-11-7-5-9-13(15)17-2;;;/h4-11H,1-3H3;2*1H;/q-2;;;+2/p-2. The monoisotopic (exact) mass is 357 g/mol. The van der Waals surface area contributed by atoms with Crippen molar-refractivity contribution in [3.63, 3.8) is 0 Å². The van der Waals surface area contributed by atoms with Gasteiger partial charge in [-0.2, -0.15) is 0 Å². The first-order chi connectivity index (χ1) is 10.2. The maximum absolute atomic E-state index is 4.89. The fraction of sp³-hybridized carbons (Fsp3) is 0.200. The van der Waals surface area contributed by atoms with Crippen molar-refractivity contribution in [3.05, 3.63) is 59.2 Å². The molecule has 0 radical (unpaired) electrons. The van der Waals surface area contributed by atoms with Crippen molar-refractivity contribution in [2.75, 3.05) is 26.0 Å². The molecule has 0 amide bonds. The van der Waals surface area contributed by atoms with E-state index in [2.05, 4.69) is 27.7 Å². The van der Waals surface area contributed by atoms with E-state index >= 15 is 0 Å². The van der Waals surface area contributed by atoms with Crippen molar-refractivity contribution in [2.24, 2.45) is 0 Å². The van der Waals surface area contributed by atoms with Crippen LogP contribution in [-0.2, 0) is 17.0 Å². The quantitative estimate of drug-likeness (QED) is 0.608. The van der Waals surface area contributed by atoms with Crippen LogP contribution in [-0.4, -0.2) is 21.1 Å². The van der Waals surface area contributed by atoms with E-state index in [-0.39, 0.29) is 0 Å². The zero-order valence-corrected chi connectivity index (χ0v) is 15.3. The predicted molar refractivity (Wildman–Crippen MR) is 90.5 cm³/mol. The summed E-state index contributed by atoms with van der Waals surface area (Å²) in [5.74, 6) is 0. The molecule has 3 nitrogen and oxygen atoms in total. The summed E-state index contributed by atoms with van der Waals surface area (Å²) in [5.41, 5.74) is 4.11. The van der Waals surface area contributed by atoms with E-state index in [1.54, 1.807) is 0 Å². The molecule has 6 heteroatoms. The molecule has 0 fully saturated rings. The Labute approximate surface area is 143 Å². The summed E-state index contributed by atoms with van der Waals surface area (Å²) < 4.78 is 0. The molecule has 0 unspecified atom stereocenters. The number of benzene rings is 2. The van der Waals surface area contributed by atoms with Crippen LogP contribution in [0.15, 0.2) is 48.5 Å². The van der Waals surface area contributed by atoms with Gasteiger partial charge in [-0.25, -0.2) is 0 Å². The van der Waals surface area contributed by atoms with Crippen LogP contribution in [0.5, 0.6) is 0 Å². The Morgan fingerprint density at radius 1 is 0.810 bits per heavy atom. The first-order valence-electron chi connectivity index (χ1n) is 6.27. The summed E-state index contributed by atoms with van der Waals surface area (Å²) in [6.45, 7) is 0. The Balaban J connectivity index is 0.000000677. The molecule has 2 rings (SSSR count). The Kier molecular flexibility index (Phi) is 8.62. The number of hydrogen-bond acceptors (Lipinski definition) is 1. The van der Waals surface area contributed by atoms with E-state index in [1.807, 2.05) is 57.5 Å². The Bertz CT molecular complexity index is 504. The summed E-state index contributed by atoms with van der Waals surface area (Å²) in [6, 6.07) is 16.2. The van der Waals surface area contributed by atoms with Gasteiger partial charge in [0.2, 0.25) is 0 Å².